The molecule has 0 saturated carbocycles. The maximum absolute atomic E-state index is 12.6. The van der Waals surface area contributed by atoms with Crippen LogP contribution in [-0.4, -0.2) is 41.2 Å². The van der Waals surface area contributed by atoms with Crippen LogP contribution in [0.25, 0.3) is 0 Å². The topological polar surface area (TPSA) is 70.0 Å². The number of hydrogen-bond acceptors (Lipinski definition) is 4. The molecule has 0 radical (unpaired) electrons. The van der Waals surface area contributed by atoms with Crippen molar-refractivity contribution in [1.29, 1.82) is 0 Å². The zero-order chi connectivity index (χ0) is 18.9. The Labute approximate surface area is 154 Å². The van der Waals surface area contributed by atoms with Gasteiger partial charge in [-0.05, 0) is 48.7 Å². The number of rotatable bonds is 9. The Morgan fingerprint density at radius 1 is 1.08 bits per heavy atom. The van der Waals surface area contributed by atoms with E-state index in [2.05, 4.69) is 6.92 Å². The van der Waals surface area contributed by atoms with Crippen molar-refractivity contribution < 1.29 is 19.7 Å². The molecule has 0 fully saturated rings. The summed E-state index contributed by atoms with van der Waals surface area (Å²) in [6, 6.07) is 11.7. The Morgan fingerprint density at radius 3 is 2.50 bits per heavy atom. The number of nitrogens with zero attached hydrogens (tertiary/aromatic N) is 1. The summed E-state index contributed by atoms with van der Waals surface area (Å²) >= 11 is 0. The summed E-state index contributed by atoms with van der Waals surface area (Å²) in [6.07, 6.45) is 3.78. The fraction of sp³-hybridized carbons (Fsp3) is 0.381. The minimum Gasteiger partial charge on any atom is -0.508 e. The quantitative estimate of drug-likeness (QED) is 0.666. The first kappa shape index (κ1) is 19.6. The number of unbranched alkanes of at least 4 members (excludes halogenated alkanes) is 2. The van der Waals surface area contributed by atoms with Crippen molar-refractivity contribution in [2.75, 3.05) is 20.2 Å². The standard InChI is InChI=1S/C21H27NO4/c1-3-4-5-14-26-20-15-17(8-11-19(20)24)21(25)22(2)13-12-16-6-9-18(23)10-7-16/h6-11,15,23-24H,3-5,12-14H2,1-2H3. The van der Waals surface area contributed by atoms with Gasteiger partial charge in [-0.2, -0.15) is 0 Å². The van der Waals surface area contributed by atoms with Gasteiger partial charge in [0.2, 0.25) is 0 Å². The molecule has 2 N–H and O–H groups in total. The molecule has 140 valence electrons. The van der Waals surface area contributed by atoms with Gasteiger partial charge >= 0.3 is 0 Å². The fourth-order valence-corrected chi connectivity index (χ4v) is 2.58. The van der Waals surface area contributed by atoms with Crippen molar-refractivity contribution in [1.82, 2.24) is 4.90 Å². The van der Waals surface area contributed by atoms with Gasteiger partial charge in [0.25, 0.3) is 5.91 Å². The van der Waals surface area contributed by atoms with Crippen molar-refractivity contribution in [2.24, 2.45) is 0 Å². The number of carbonyl (C=O) groups excluding carboxylic acids is 1. The van der Waals surface area contributed by atoms with Crippen LogP contribution >= 0.6 is 0 Å². The lowest BCUT2D eigenvalue weighted by atomic mass is 10.1. The molecule has 0 aliphatic rings. The molecule has 0 aromatic heterocycles. The lowest BCUT2D eigenvalue weighted by Gasteiger charge is -2.18. The molecule has 0 aliphatic carbocycles. The number of benzene rings is 2. The Hall–Kier alpha value is -2.69. The summed E-state index contributed by atoms with van der Waals surface area (Å²) in [5, 5.41) is 19.2. The number of ether oxygens (including phenoxy) is 1. The Balaban J connectivity index is 1.95. The lowest BCUT2D eigenvalue weighted by Crippen LogP contribution is -2.28. The molecule has 2 aromatic rings. The summed E-state index contributed by atoms with van der Waals surface area (Å²) < 4.78 is 5.61. The number of likely N-dealkylation sites (N-methyl/N-ethyl adjacent to an activating group) is 1. The minimum atomic E-state index is -0.123. The third-order valence-corrected chi connectivity index (χ3v) is 4.23. The van der Waals surface area contributed by atoms with E-state index in [9.17, 15) is 15.0 Å². The van der Waals surface area contributed by atoms with E-state index in [4.69, 9.17) is 4.74 Å². The molecule has 0 spiro atoms. The van der Waals surface area contributed by atoms with E-state index in [1.165, 1.54) is 6.07 Å². The first-order valence-electron chi connectivity index (χ1n) is 9.00. The molecule has 0 heterocycles. The molecule has 5 nitrogen and oxygen atoms in total. The summed E-state index contributed by atoms with van der Waals surface area (Å²) in [7, 11) is 1.75. The van der Waals surface area contributed by atoms with Crippen LogP contribution in [-0.2, 0) is 6.42 Å². The van der Waals surface area contributed by atoms with Crippen LogP contribution in [0.1, 0.15) is 42.1 Å². The van der Waals surface area contributed by atoms with Gasteiger partial charge in [0, 0.05) is 19.2 Å². The van der Waals surface area contributed by atoms with Crippen LogP contribution in [0.3, 0.4) is 0 Å². The Kier molecular flexibility index (Phi) is 7.33. The largest absolute Gasteiger partial charge is 0.508 e. The van der Waals surface area contributed by atoms with Gasteiger partial charge in [-0.15, -0.1) is 0 Å². The highest BCUT2D eigenvalue weighted by molar-refractivity contribution is 5.94. The highest BCUT2D eigenvalue weighted by Crippen LogP contribution is 2.27. The molecule has 26 heavy (non-hydrogen) atoms. The summed E-state index contributed by atoms with van der Waals surface area (Å²) in [4.78, 5) is 14.2. The van der Waals surface area contributed by atoms with Gasteiger partial charge in [-0.3, -0.25) is 4.79 Å². The van der Waals surface area contributed by atoms with E-state index in [1.54, 1.807) is 36.2 Å². The maximum atomic E-state index is 12.6. The van der Waals surface area contributed by atoms with Crippen LogP contribution in [0.5, 0.6) is 17.2 Å². The van der Waals surface area contributed by atoms with Crippen LogP contribution in [0.15, 0.2) is 42.5 Å². The Bertz CT molecular complexity index is 712. The van der Waals surface area contributed by atoms with E-state index >= 15 is 0 Å². The Morgan fingerprint density at radius 2 is 1.81 bits per heavy atom. The average Bonchev–Trinajstić information content (AvgIpc) is 2.65. The zero-order valence-corrected chi connectivity index (χ0v) is 15.4. The predicted octanol–water partition coefficient (Wildman–Crippen LogP) is 3.98. The highest BCUT2D eigenvalue weighted by Gasteiger charge is 2.14. The molecule has 0 saturated heterocycles. The average molecular weight is 357 g/mol. The molecular weight excluding hydrogens is 330 g/mol. The number of hydrogen-bond donors (Lipinski definition) is 2. The first-order valence-corrected chi connectivity index (χ1v) is 9.00. The van der Waals surface area contributed by atoms with E-state index in [1.807, 2.05) is 12.1 Å². The molecule has 0 unspecified atom stereocenters. The number of phenols is 2. The molecule has 0 aliphatic heterocycles. The van der Waals surface area contributed by atoms with Crippen LogP contribution in [0.2, 0.25) is 0 Å². The van der Waals surface area contributed by atoms with E-state index < -0.39 is 0 Å². The second-order valence-corrected chi connectivity index (χ2v) is 6.38. The molecule has 2 aromatic carbocycles. The van der Waals surface area contributed by atoms with Gasteiger partial charge in [-0.1, -0.05) is 31.9 Å². The summed E-state index contributed by atoms with van der Waals surface area (Å²) in [5.74, 6) is 0.500. The van der Waals surface area contributed by atoms with E-state index in [0.29, 0.717) is 30.9 Å². The van der Waals surface area contributed by atoms with Crippen LogP contribution < -0.4 is 4.74 Å². The van der Waals surface area contributed by atoms with Crippen molar-refractivity contribution in [3.8, 4) is 17.2 Å². The third-order valence-electron chi connectivity index (χ3n) is 4.23. The first-order chi connectivity index (χ1) is 12.5. The second kappa shape index (κ2) is 9.70. The number of phenolic OH excluding ortho intramolecular Hbond substituents is 2. The lowest BCUT2D eigenvalue weighted by molar-refractivity contribution is 0.0796. The number of amides is 1. The van der Waals surface area contributed by atoms with Crippen molar-refractivity contribution in [2.45, 2.75) is 32.6 Å². The fourth-order valence-electron chi connectivity index (χ4n) is 2.58. The van der Waals surface area contributed by atoms with Gasteiger partial charge in [-0.25, -0.2) is 0 Å². The van der Waals surface area contributed by atoms with E-state index in [0.717, 1.165) is 24.8 Å². The molecule has 1 amide bonds. The van der Waals surface area contributed by atoms with Gasteiger partial charge in [0.15, 0.2) is 11.5 Å². The molecule has 0 atom stereocenters. The van der Waals surface area contributed by atoms with E-state index in [-0.39, 0.29) is 17.4 Å². The zero-order valence-electron chi connectivity index (χ0n) is 15.4. The smallest absolute Gasteiger partial charge is 0.253 e. The normalized spacial score (nSPS) is 10.5. The molecular formula is C21H27NO4. The molecule has 0 bridgehead atoms. The third kappa shape index (κ3) is 5.69. The molecule has 5 heteroatoms. The minimum absolute atomic E-state index is 0.0461. The van der Waals surface area contributed by atoms with Gasteiger partial charge < -0.3 is 19.8 Å². The predicted molar refractivity (Wildman–Crippen MR) is 102 cm³/mol. The van der Waals surface area contributed by atoms with Gasteiger partial charge in [0.1, 0.15) is 5.75 Å². The second-order valence-electron chi connectivity index (χ2n) is 6.38. The summed E-state index contributed by atoms with van der Waals surface area (Å²) in [5.41, 5.74) is 1.54. The molecule has 2 rings (SSSR count). The van der Waals surface area contributed by atoms with Crippen LogP contribution in [0, 0.1) is 0 Å². The monoisotopic (exact) mass is 357 g/mol. The highest BCUT2D eigenvalue weighted by atomic mass is 16.5. The van der Waals surface area contributed by atoms with Crippen LogP contribution in [0.4, 0.5) is 0 Å². The SMILES string of the molecule is CCCCCOc1cc(C(=O)N(C)CCc2ccc(O)cc2)ccc1O. The number of aromatic hydroxyl groups is 2. The van der Waals surface area contributed by atoms with Crippen molar-refractivity contribution in [3.05, 3.63) is 53.6 Å². The van der Waals surface area contributed by atoms with Crippen molar-refractivity contribution in [3.63, 3.8) is 0 Å². The van der Waals surface area contributed by atoms with Crippen molar-refractivity contribution >= 4 is 5.91 Å². The summed E-state index contributed by atoms with van der Waals surface area (Å²) in [6.45, 7) is 3.19. The maximum Gasteiger partial charge on any atom is 0.253 e. The number of carbonyl (C=O) groups is 1. The van der Waals surface area contributed by atoms with Gasteiger partial charge in [0.05, 0.1) is 6.61 Å².